The Kier molecular flexibility index (Phi) is 6.10. The largest absolute Gasteiger partial charge is 0.416 e. The number of carbonyl (C=O) groups excluding carboxylic acids is 1. The normalized spacial score (nSPS) is 14.6. The molecular weight excluding hydrogens is 512 g/mol. The van der Waals surface area contributed by atoms with Crippen LogP contribution in [0.25, 0.3) is 28.9 Å². The molecule has 0 aliphatic heterocycles. The number of sulfone groups is 1. The van der Waals surface area contributed by atoms with E-state index >= 15 is 0 Å². The molecule has 1 aliphatic carbocycles. The summed E-state index contributed by atoms with van der Waals surface area (Å²) in [5.41, 5.74) is -2.29. The zero-order valence-corrected chi connectivity index (χ0v) is 19.5. The molecule has 1 aliphatic rings. The molecule has 2 heterocycles. The van der Waals surface area contributed by atoms with Crippen molar-refractivity contribution >= 4 is 21.7 Å². The van der Waals surface area contributed by atoms with Crippen LogP contribution in [0.4, 0.5) is 26.3 Å². The number of aromatic nitrogens is 3. The second-order valence-corrected chi connectivity index (χ2v) is 10.3. The van der Waals surface area contributed by atoms with Crippen molar-refractivity contribution in [3.05, 3.63) is 58.9 Å². The van der Waals surface area contributed by atoms with Crippen LogP contribution in [0.15, 0.2) is 46.9 Å². The van der Waals surface area contributed by atoms with Gasteiger partial charge in [0, 0.05) is 24.6 Å². The average molecular weight is 529 g/mol. The molecule has 190 valence electrons. The van der Waals surface area contributed by atoms with Gasteiger partial charge in [-0.25, -0.2) is 18.4 Å². The zero-order chi connectivity index (χ0) is 26.6. The first-order chi connectivity index (χ1) is 16.6. The number of halogens is 6. The van der Waals surface area contributed by atoms with Gasteiger partial charge in [0.05, 0.1) is 27.6 Å². The van der Waals surface area contributed by atoms with Gasteiger partial charge in [-0.05, 0) is 30.3 Å². The predicted octanol–water partition coefficient (Wildman–Crippen LogP) is 5.49. The number of fused-ring (bicyclic) bond motifs is 1. The SMILES string of the molecule is CCS(=O)(=O)c1ccc(-c2ccc(C(F)(F)F)cc2)nc1-c1nc2c(n1C)C(=O)CC(C(F)(F)F)=C2. The monoisotopic (exact) mass is 529 g/mol. The Balaban J connectivity index is 1.92. The molecule has 4 rings (SSSR count). The van der Waals surface area contributed by atoms with Gasteiger partial charge in [0.15, 0.2) is 21.4 Å². The van der Waals surface area contributed by atoms with Crippen molar-refractivity contribution in [2.45, 2.75) is 30.6 Å². The highest BCUT2D eigenvalue weighted by Gasteiger charge is 2.39. The summed E-state index contributed by atoms with van der Waals surface area (Å²) in [6.45, 7) is 1.38. The summed E-state index contributed by atoms with van der Waals surface area (Å²) in [6.07, 6.45) is -9.47. The molecule has 0 saturated heterocycles. The van der Waals surface area contributed by atoms with Gasteiger partial charge >= 0.3 is 12.4 Å². The molecule has 0 amide bonds. The number of benzene rings is 1. The molecule has 3 aromatic rings. The number of nitrogens with zero attached hydrogens (tertiary/aromatic N) is 3. The number of rotatable bonds is 4. The lowest BCUT2D eigenvalue weighted by Gasteiger charge is -2.15. The van der Waals surface area contributed by atoms with E-state index in [1.165, 1.54) is 30.7 Å². The quantitative estimate of drug-likeness (QED) is 0.418. The first-order valence-electron chi connectivity index (χ1n) is 10.4. The van der Waals surface area contributed by atoms with E-state index in [2.05, 4.69) is 9.97 Å². The lowest BCUT2D eigenvalue weighted by atomic mass is 9.98. The Morgan fingerprint density at radius 3 is 2.14 bits per heavy atom. The van der Waals surface area contributed by atoms with Crippen LogP contribution in [0, 0.1) is 0 Å². The van der Waals surface area contributed by atoms with Crippen LogP contribution in [-0.4, -0.2) is 40.7 Å². The maximum atomic E-state index is 13.2. The second-order valence-electron chi connectivity index (χ2n) is 8.02. The molecule has 0 atom stereocenters. The van der Waals surface area contributed by atoms with Gasteiger partial charge in [-0.2, -0.15) is 26.3 Å². The van der Waals surface area contributed by atoms with Crippen molar-refractivity contribution < 1.29 is 39.6 Å². The van der Waals surface area contributed by atoms with Crippen molar-refractivity contribution in [1.29, 1.82) is 0 Å². The molecule has 0 spiro atoms. The van der Waals surface area contributed by atoms with Crippen LogP contribution in [0.2, 0.25) is 0 Å². The fourth-order valence-electron chi connectivity index (χ4n) is 3.82. The van der Waals surface area contributed by atoms with Gasteiger partial charge < -0.3 is 4.57 Å². The van der Waals surface area contributed by atoms with E-state index in [0.29, 0.717) is 0 Å². The Hall–Kier alpha value is -3.48. The van der Waals surface area contributed by atoms with Crippen molar-refractivity contribution in [3.8, 4) is 22.8 Å². The molecule has 0 fully saturated rings. The van der Waals surface area contributed by atoms with Crippen molar-refractivity contribution in [2.75, 3.05) is 5.75 Å². The van der Waals surface area contributed by atoms with E-state index in [0.717, 1.165) is 30.3 Å². The minimum absolute atomic E-state index is 0.104. The zero-order valence-electron chi connectivity index (χ0n) is 18.7. The molecule has 0 bridgehead atoms. The number of pyridine rings is 1. The molecule has 1 aromatic carbocycles. The van der Waals surface area contributed by atoms with E-state index in [-0.39, 0.29) is 44.8 Å². The summed E-state index contributed by atoms with van der Waals surface area (Å²) < 4.78 is 105. The number of imidazole rings is 1. The smallest absolute Gasteiger partial charge is 0.323 e. The maximum absolute atomic E-state index is 13.2. The molecule has 0 radical (unpaired) electrons. The van der Waals surface area contributed by atoms with Crippen LogP contribution in [0.3, 0.4) is 0 Å². The summed E-state index contributed by atoms with van der Waals surface area (Å²) >= 11 is 0. The van der Waals surface area contributed by atoms with E-state index in [9.17, 15) is 39.6 Å². The summed E-state index contributed by atoms with van der Waals surface area (Å²) in [5, 5.41) is 0. The fourth-order valence-corrected chi connectivity index (χ4v) is 4.84. The summed E-state index contributed by atoms with van der Waals surface area (Å²) in [5.74, 6) is -1.35. The molecule has 13 heteroatoms. The number of alkyl halides is 6. The van der Waals surface area contributed by atoms with E-state index in [1.807, 2.05) is 0 Å². The number of allylic oxidation sites excluding steroid dienone is 1. The van der Waals surface area contributed by atoms with Gasteiger partial charge in [0.2, 0.25) is 0 Å². The lowest BCUT2D eigenvalue weighted by molar-refractivity contribution is -0.137. The summed E-state index contributed by atoms with van der Waals surface area (Å²) in [6, 6.07) is 6.53. The molecule has 0 saturated carbocycles. The van der Waals surface area contributed by atoms with Gasteiger partial charge in [0.25, 0.3) is 0 Å². The number of Topliss-reactive ketones (excluding diaryl/α,β-unsaturated/α-hetero) is 1. The molecule has 0 N–H and O–H groups in total. The van der Waals surface area contributed by atoms with Crippen molar-refractivity contribution in [1.82, 2.24) is 14.5 Å². The predicted molar refractivity (Wildman–Crippen MR) is 118 cm³/mol. The third kappa shape index (κ3) is 4.54. The van der Waals surface area contributed by atoms with E-state index in [4.69, 9.17) is 0 Å². The average Bonchev–Trinajstić information content (AvgIpc) is 3.14. The van der Waals surface area contributed by atoms with Crippen LogP contribution >= 0.6 is 0 Å². The highest BCUT2D eigenvalue weighted by Crippen LogP contribution is 2.38. The van der Waals surface area contributed by atoms with Crippen LogP contribution in [-0.2, 0) is 23.1 Å². The third-order valence-electron chi connectivity index (χ3n) is 5.71. The van der Waals surface area contributed by atoms with Crippen molar-refractivity contribution in [3.63, 3.8) is 0 Å². The highest BCUT2D eigenvalue weighted by molar-refractivity contribution is 7.91. The Labute approximate surface area is 201 Å². The third-order valence-corrected chi connectivity index (χ3v) is 7.47. The highest BCUT2D eigenvalue weighted by atomic mass is 32.2. The minimum Gasteiger partial charge on any atom is -0.323 e. The first-order valence-corrected chi connectivity index (χ1v) is 12.1. The van der Waals surface area contributed by atoms with Crippen LogP contribution < -0.4 is 0 Å². The molecule has 6 nitrogen and oxygen atoms in total. The van der Waals surface area contributed by atoms with Gasteiger partial charge in [0.1, 0.15) is 11.4 Å². The number of hydrogen-bond acceptors (Lipinski definition) is 5. The molecule has 0 unspecified atom stereocenters. The molecule has 2 aromatic heterocycles. The first kappa shape index (κ1) is 25.6. The summed E-state index contributed by atoms with van der Waals surface area (Å²) in [4.78, 5) is 20.7. The number of carbonyl (C=O) groups is 1. The van der Waals surface area contributed by atoms with Gasteiger partial charge in [-0.1, -0.05) is 19.1 Å². The fraction of sp³-hybridized carbons (Fsp3) is 0.261. The molecule has 36 heavy (non-hydrogen) atoms. The number of ketones is 1. The Bertz CT molecular complexity index is 1500. The number of hydrogen-bond donors (Lipinski definition) is 0. The Morgan fingerprint density at radius 1 is 0.944 bits per heavy atom. The van der Waals surface area contributed by atoms with Crippen LogP contribution in [0.1, 0.15) is 35.1 Å². The van der Waals surface area contributed by atoms with Gasteiger partial charge in [-0.3, -0.25) is 4.79 Å². The minimum atomic E-state index is -4.75. The second kappa shape index (κ2) is 8.57. The Morgan fingerprint density at radius 2 is 1.58 bits per heavy atom. The maximum Gasteiger partial charge on any atom is 0.416 e. The standard InChI is InChI=1S/C23H17F6N3O3S/c1-3-36(34,35)18-9-8-15(12-4-6-13(7-5-12)22(24,25)26)30-19(18)21-31-16-10-14(23(27,28)29)11-17(33)20(16)32(21)2/h4-10H,3,11H2,1-2H3. The van der Waals surface area contributed by atoms with Crippen LogP contribution in [0.5, 0.6) is 0 Å². The molecular formula is C23H17F6N3O3S. The van der Waals surface area contributed by atoms with Gasteiger partial charge in [-0.15, -0.1) is 0 Å². The van der Waals surface area contributed by atoms with E-state index in [1.54, 1.807) is 0 Å². The topological polar surface area (TPSA) is 81.9 Å². The van der Waals surface area contributed by atoms with E-state index < -0.39 is 45.5 Å². The van der Waals surface area contributed by atoms with Crippen molar-refractivity contribution in [2.24, 2.45) is 7.05 Å². The summed E-state index contributed by atoms with van der Waals surface area (Å²) in [7, 11) is -2.57. The lowest BCUT2D eigenvalue weighted by Crippen LogP contribution is -2.20.